The predicted molar refractivity (Wildman–Crippen MR) is 135 cm³/mol. The Morgan fingerprint density at radius 2 is 1.65 bits per heavy atom. The van der Waals surface area contributed by atoms with E-state index in [1.165, 1.54) is 38.5 Å². The highest BCUT2D eigenvalue weighted by Crippen LogP contribution is 2.35. The second-order valence-electron chi connectivity index (χ2n) is 8.09. The van der Waals surface area contributed by atoms with Crippen molar-refractivity contribution in [3.05, 3.63) is 77.4 Å². The van der Waals surface area contributed by atoms with Gasteiger partial charge in [-0.1, -0.05) is 31.2 Å². The van der Waals surface area contributed by atoms with Gasteiger partial charge in [-0.05, 0) is 54.8 Å². The fourth-order valence-electron chi connectivity index (χ4n) is 3.77. The van der Waals surface area contributed by atoms with Crippen LogP contribution in [0, 0.1) is 6.92 Å². The summed E-state index contributed by atoms with van der Waals surface area (Å²) in [4.78, 5) is 12.8. The largest absolute Gasteiger partial charge is 0.493 e. The van der Waals surface area contributed by atoms with Gasteiger partial charge in [0.25, 0.3) is 10.0 Å². The van der Waals surface area contributed by atoms with Gasteiger partial charge in [0.05, 0.1) is 30.4 Å². The molecular formula is C26H27F3N2O5S. The molecule has 0 radical (unpaired) electrons. The molecule has 0 saturated heterocycles. The first-order valence-electron chi connectivity index (χ1n) is 11.2. The van der Waals surface area contributed by atoms with Crippen LogP contribution in [-0.4, -0.2) is 35.1 Å². The summed E-state index contributed by atoms with van der Waals surface area (Å²) in [5.41, 5.74) is 0.760. The lowest BCUT2D eigenvalue weighted by atomic mass is 10.1. The molecule has 0 aliphatic rings. The summed E-state index contributed by atoms with van der Waals surface area (Å²) in [6, 6.07) is 13.0. The van der Waals surface area contributed by atoms with E-state index in [1.807, 2.05) is 19.1 Å². The molecule has 0 spiro atoms. The van der Waals surface area contributed by atoms with E-state index < -0.39 is 34.2 Å². The van der Waals surface area contributed by atoms with E-state index in [4.69, 9.17) is 9.47 Å². The minimum Gasteiger partial charge on any atom is -0.493 e. The van der Waals surface area contributed by atoms with Gasteiger partial charge < -0.3 is 14.8 Å². The molecule has 3 aromatic carbocycles. The molecular weight excluding hydrogens is 509 g/mol. The van der Waals surface area contributed by atoms with E-state index >= 15 is 0 Å². The van der Waals surface area contributed by atoms with Gasteiger partial charge in [0.15, 0.2) is 11.5 Å². The van der Waals surface area contributed by atoms with Crippen molar-refractivity contribution in [2.75, 3.05) is 30.4 Å². The van der Waals surface area contributed by atoms with Crippen LogP contribution in [0.3, 0.4) is 0 Å². The quantitative estimate of drug-likeness (QED) is 0.394. The summed E-state index contributed by atoms with van der Waals surface area (Å²) >= 11 is 0. The Kier molecular flexibility index (Phi) is 8.37. The third kappa shape index (κ3) is 6.16. The molecule has 37 heavy (non-hydrogen) atoms. The maximum Gasteiger partial charge on any atom is 0.416 e. The Labute approximate surface area is 213 Å². The van der Waals surface area contributed by atoms with Gasteiger partial charge in [-0.3, -0.25) is 9.10 Å². The van der Waals surface area contributed by atoms with Crippen molar-refractivity contribution in [1.29, 1.82) is 0 Å². The van der Waals surface area contributed by atoms with Gasteiger partial charge in [-0.2, -0.15) is 13.2 Å². The molecule has 0 unspecified atom stereocenters. The number of carbonyl (C=O) groups is 1. The fourth-order valence-corrected chi connectivity index (χ4v) is 5.20. The van der Waals surface area contributed by atoms with Crippen molar-refractivity contribution in [2.45, 2.75) is 31.3 Å². The summed E-state index contributed by atoms with van der Waals surface area (Å²) in [5.74, 6) is -0.355. The maximum absolute atomic E-state index is 13.7. The molecule has 0 fully saturated rings. The van der Waals surface area contributed by atoms with Crippen molar-refractivity contribution >= 4 is 27.3 Å². The van der Waals surface area contributed by atoms with Gasteiger partial charge in [-0.15, -0.1) is 0 Å². The Morgan fingerprint density at radius 3 is 2.27 bits per heavy atom. The molecule has 3 aromatic rings. The number of para-hydroxylation sites is 1. The number of rotatable bonds is 9. The molecule has 0 bridgehead atoms. The zero-order valence-corrected chi connectivity index (χ0v) is 21.5. The summed E-state index contributed by atoms with van der Waals surface area (Å²) in [6.07, 6.45) is -4.10. The minimum absolute atomic E-state index is 0.101. The van der Waals surface area contributed by atoms with Crippen LogP contribution in [0.25, 0.3) is 0 Å². The number of halogens is 3. The minimum atomic E-state index is -4.71. The van der Waals surface area contributed by atoms with Crippen molar-refractivity contribution in [1.82, 2.24) is 0 Å². The number of carbonyl (C=O) groups excluding carboxylic acids is 1. The summed E-state index contributed by atoms with van der Waals surface area (Å²) < 4.78 is 78.7. The second-order valence-corrected chi connectivity index (χ2v) is 9.95. The number of hydrogen-bond donors (Lipinski definition) is 1. The number of methoxy groups -OCH3 is 2. The lowest BCUT2D eigenvalue weighted by Crippen LogP contribution is -2.38. The van der Waals surface area contributed by atoms with Gasteiger partial charge in [0.2, 0.25) is 5.91 Å². The lowest BCUT2D eigenvalue weighted by Gasteiger charge is -2.25. The zero-order chi connectivity index (χ0) is 27.4. The molecule has 0 aromatic heterocycles. The first-order valence-corrected chi connectivity index (χ1v) is 12.7. The Morgan fingerprint density at radius 1 is 0.973 bits per heavy atom. The highest BCUT2D eigenvalue weighted by Gasteiger charge is 2.33. The smallest absolute Gasteiger partial charge is 0.416 e. The summed E-state index contributed by atoms with van der Waals surface area (Å²) in [5, 5.41) is 2.73. The number of anilines is 2. The second kappa shape index (κ2) is 11.1. The molecule has 0 aliphatic heterocycles. The van der Waals surface area contributed by atoms with Crippen molar-refractivity contribution < 1.29 is 35.9 Å². The molecule has 0 saturated carbocycles. The number of aryl methyl sites for hydroxylation is 2. The fraction of sp³-hybridized carbons (Fsp3) is 0.269. The van der Waals surface area contributed by atoms with E-state index in [2.05, 4.69) is 5.32 Å². The molecule has 0 atom stereocenters. The van der Waals surface area contributed by atoms with Crippen LogP contribution in [0.1, 0.15) is 23.6 Å². The monoisotopic (exact) mass is 536 g/mol. The molecule has 11 heteroatoms. The molecule has 0 heterocycles. The van der Waals surface area contributed by atoms with E-state index in [0.29, 0.717) is 22.5 Å². The standard InChI is InChI=1S/C26H27F3N2O5S/c1-5-18-9-6-8-17(2)25(18)30-24(32)16-31(20-11-7-10-19(14-20)26(27,28)29)37(33,34)21-12-13-22(35-3)23(15-21)36-4/h6-15H,5,16H2,1-4H3,(H,30,32). The van der Waals surface area contributed by atoms with Crippen LogP contribution < -0.4 is 19.1 Å². The van der Waals surface area contributed by atoms with Crippen LogP contribution in [0.2, 0.25) is 0 Å². The molecule has 3 rings (SSSR count). The first-order chi connectivity index (χ1) is 17.4. The van der Waals surface area contributed by atoms with Gasteiger partial charge in [0.1, 0.15) is 6.54 Å². The van der Waals surface area contributed by atoms with E-state index in [1.54, 1.807) is 13.0 Å². The van der Waals surface area contributed by atoms with Crippen LogP contribution >= 0.6 is 0 Å². The number of amides is 1. The SMILES string of the molecule is CCc1cccc(C)c1NC(=O)CN(c1cccc(C(F)(F)F)c1)S(=O)(=O)c1ccc(OC)c(OC)c1. The third-order valence-electron chi connectivity index (χ3n) is 5.70. The molecule has 1 N–H and O–H groups in total. The average Bonchev–Trinajstić information content (AvgIpc) is 2.87. The third-order valence-corrected chi connectivity index (χ3v) is 7.47. The van der Waals surface area contributed by atoms with Crippen LogP contribution in [0.4, 0.5) is 24.5 Å². The van der Waals surface area contributed by atoms with E-state index in [0.717, 1.165) is 23.3 Å². The molecule has 7 nitrogen and oxygen atoms in total. The number of nitrogens with zero attached hydrogens (tertiary/aromatic N) is 1. The number of sulfonamides is 1. The average molecular weight is 537 g/mol. The number of alkyl halides is 3. The van der Waals surface area contributed by atoms with Crippen LogP contribution in [0.5, 0.6) is 11.5 Å². The number of benzene rings is 3. The predicted octanol–water partition coefficient (Wildman–Crippen LogP) is 5.43. The Balaban J connectivity index is 2.09. The maximum atomic E-state index is 13.7. The van der Waals surface area contributed by atoms with E-state index in [-0.39, 0.29) is 22.1 Å². The summed E-state index contributed by atoms with van der Waals surface area (Å²) in [6.45, 7) is 2.93. The number of ether oxygens (including phenoxy) is 2. The molecule has 198 valence electrons. The molecule has 1 amide bonds. The first kappa shape index (κ1) is 27.9. The topological polar surface area (TPSA) is 84.9 Å². The van der Waals surface area contributed by atoms with Crippen LogP contribution in [-0.2, 0) is 27.4 Å². The molecule has 0 aliphatic carbocycles. The highest BCUT2D eigenvalue weighted by atomic mass is 32.2. The van der Waals surface area contributed by atoms with Gasteiger partial charge >= 0.3 is 6.18 Å². The van der Waals surface area contributed by atoms with E-state index in [9.17, 15) is 26.4 Å². The number of nitrogens with one attached hydrogen (secondary N) is 1. The van der Waals surface area contributed by atoms with Crippen LogP contribution in [0.15, 0.2) is 65.6 Å². The Bertz CT molecular complexity index is 1390. The summed E-state index contributed by atoms with van der Waals surface area (Å²) in [7, 11) is -1.82. The Hall–Kier alpha value is -3.73. The lowest BCUT2D eigenvalue weighted by molar-refractivity contribution is -0.137. The highest BCUT2D eigenvalue weighted by molar-refractivity contribution is 7.92. The normalized spacial score (nSPS) is 11.6. The van der Waals surface area contributed by atoms with Crippen molar-refractivity contribution in [2.24, 2.45) is 0 Å². The van der Waals surface area contributed by atoms with Crippen molar-refractivity contribution in [3.63, 3.8) is 0 Å². The van der Waals surface area contributed by atoms with Crippen molar-refractivity contribution in [3.8, 4) is 11.5 Å². The van der Waals surface area contributed by atoms with Gasteiger partial charge in [0, 0.05) is 11.8 Å². The number of hydrogen-bond acceptors (Lipinski definition) is 5. The zero-order valence-electron chi connectivity index (χ0n) is 20.7. The van der Waals surface area contributed by atoms with Gasteiger partial charge in [-0.25, -0.2) is 8.42 Å².